The summed E-state index contributed by atoms with van der Waals surface area (Å²) in [5, 5.41) is 2.71. The van der Waals surface area contributed by atoms with E-state index < -0.39 is 6.04 Å². The third-order valence-electron chi connectivity index (χ3n) is 2.23. The van der Waals surface area contributed by atoms with Crippen molar-refractivity contribution in [1.29, 1.82) is 0 Å². The lowest BCUT2D eigenvalue weighted by atomic mass is 10.1. The maximum Gasteiger partial charge on any atom is 0.241 e. The molecular formula is C12H19N3O2. The molecule has 1 aromatic rings. The highest BCUT2D eigenvalue weighted by molar-refractivity contribution is 5.94. The van der Waals surface area contributed by atoms with Gasteiger partial charge in [-0.15, -0.1) is 0 Å². The standard InChI is InChI=1S/C12H19N3O2/c1-3-5-10(13)12(16)15-9-6-7-11(14-8-9)17-4-2/h6-8,10H,3-5,13H2,1-2H3,(H,15,16). The third kappa shape index (κ3) is 4.40. The van der Waals surface area contributed by atoms with Crippen LogP contribution in [0.15, 0.2) is 18.3 Å². The zero-order chi connectivity index (χ0) is 12.7. The van der Waals surface area contributed by atoms with Crippen LogP contribution in [-0.4, -0.2) is 23.5 Å². The van der Waals surface area contributed by atoms with E-state index in [4.69, 9.17) is 10.5 Å². The van der Waals surface area contributed by atoms with Gasteiger partial charge in [-0.3, -0.25) is 4.79 Å². The summed E-state index contributed by atoms with van der Waals surface area (Å²) in [6.07, 6.45) is 3.12. The minimum atomic E-state index is -0.466. The number of hydrogen-bond donors (Lipinski definition) is 2. The van der Waals surface area contributed by atoms with Gasteiger partial charge < -0.3 is 15.8 Å². The van der Waals surface area contributed by atoms with Gasteiger partial charge in [-0.05, 0) is 19.4 Å². The van der Waals surface area contributed by atoms with Gasteiger partial charge in [-0.1, -0.05) is 13.3 Å². The molecule has 1 rings (SSSR count). The molecule has 1 unspecified atom stereocenters. The van der Waals surface area contributed by atoms with E-state index in [0.717, 1.165) is 6.42 Å². The van der Waals surface area contributed by atoms with Crippen molar-refractivity contribution < 1.29 is 9.53 Å². The molecule has 5 heteroatoms. The molecule has 1 atom stereocenters. The first-order valence-electron chi connectivity index (χ1n) is 5.82. The Morgan fingerprint density at radius 1 is 1.53 bits per heavy atom. The number of aromatic nitrogens is 1. The Labute approximate surface area is 101 Å². The average molecular weight is 237 g/mol. The fraction of sp³-hybridized carbons (Fsp3) is 0.500. The van der Waals surface area contributed by atoms with E-state index in [9.17, 15) is 4.79 Å². The van der Waals surface area contributed by atoms with Crippen molar-refractivity contribution in [2.75, 3.05) is 11.9 Å². The van der Waals surface area contributed by atoms with E-state index in [2.05, 4.69) is 10.3 Å². The molecule has 5 nitrogen and oxygen atoms in total. The van der Waals surface area contributed by atoms with Crippen LogP contribution < -0.4 is 15.8 Å². The quantitative estimate of drug-likeness (QED) is 0.787. The molecule has 0 aliphatic rings. The maximum absolute atomic E-state index is 11.6. The van der Waals surface area contributed by atoms with E-state index in [0.29, 0.717) is 24.6 Å². The van der Waals surface area contributed by atoms with Crippen molar-refractivity contribution >= 4 is 11.6 Å². The zero-order valence-electron chi connectivity index (χ0n) is 10.3. The van der Waals surface area contributed by atoms with Crippen molar-refractivity contribution in [3.63, 3.8) is 0 Å². The predicted molar refractivity (Wildman–Crippen MR) is 66.9 cm³/mol. The molecule has 0 saturated carbocycles. The van der Waals surface area contributed by atoms with Gasteiger partial charge in [-0.2, -0.15) is 0 Å². The van der Waals surface area contributed by atoms with Crippen LogP contribution in [0.3, 0.4) is 0 Å². The summed E-state index contributed by atoms with van der Waals surface area (Å²) in [6.45, 7) is 4.45. The minimum Gasteiger partial charge on any atom is -0.478 e. The first-order valence-corrected chi connectivity index (χ1v) is 5.82. The molecule has 1 heterocycles. The Bertz CT molecular complexity index is 351. The van der Waals surface area contributed by atoms with Crippen LogP contribution in [0, 0.1) is 0 Å². The largest absolute Gasteiger partial charge is 0.478 e. The second kappa shape index (κ2) is 6.85. The number of amides is 1. The number of ether oxygens (including phenoxy) is 1. The first kappa shape index (κ1) is 13.4. The van der Waals surface area contributed by atoms with Gasteiger partial charge >= 0.3 is 0 Å². The number of anilines is 1. The summed E-state index contributed by atoms with van der Waals surface area (Å²) in [7, 11) is 0. The number of rotatable bonds is 6. The topological polar surface area (TPSA) is 77.2 Å². The van der Waals surface area contributed by atoms with Gasteiger partial charge in [0.2, 0.25) is 11.8 Å². The summed E-state index contributed by atoms with van der Waals surface area (Å²) >= 11 is 0. The third-order valence-corrected chi connectivity index (χ3v) is 2.23. The van der Waals surface area contributed by atoms with Crippen molar-refractivity contribution in [3.05, 3.63) is 18.3 Å². The Morgan fingerprint density at radius 3 is 2.82 bits per heavy atom. The molecule has 17 heavy (non-hydrogen) atoms. The first-order chi connectivity index (χ1) is 8.17. The van der Waals surface area contributed by atoms with Crippen molar-refractivity contribution in [2.45, 2.75) is 32.7 Å². The van der Waals surface area contributed by atoms with E-state index in [1.54, 1.807) is 18.3 Å². The van der Waals surface area contributed by atoms with Gasteiger partial charge in [0, 0.05) is 6.07 Å². The van der Waals surface area contributed by atoms with Crippen LogP contribution in [-0.2, 0) is 4.79 Å². The highest BCUT2D eigenvalue weighted by Gasteiger charge is 2.12. The monoisotopic (exact) mass is 237 g/mol. The fourth-order valence-electron chi connectivity index (χ4n) is 1.36. The Balaban J connectivity index is 2.53. The summed E-state index contributed by atoms with van der Waals surface area (Å²) in [5.74, 6) is 0.362. The van der Waals surface area contributed by atoms with Gasteiger partial charge in [0.15, 0.2) is 0 Å². The molecule has 0 spiro atoms. The number of pyridine rings is 1. The average Bonchev–Trinajstić information content (AvgIpc) is 2.32. The molecule has 0 fully saturated rings. The van der Waals surface area contributed by atoms with Crippen LogP contribution in [0.25, 0.3) is 0 Å². The maximum atomic E-state index is 11.6. The lowest BCUT2D eigenvalue weighted by molar-refractivity contribution is -0.117. The molecule has 94 valence electrons. The lowest BCUT2D eigenvalue weighted by Crippen LogP contribution is -2.35. The van der Waals surface area contributed by atoms with Gasteiger partial charge in [0.05, 0.1) is 24.5 Å². The van der Waals surface area contributed by atoms with Crippen LogP contribution in [0.1, 0.15) is 26.7 Å². The van der Waals surface area contributed by atoms with Crippen molar-refractivity contribution in [1.82, 2.24) is 4.98 Å². The Morgan fingerprint density at radius 2 is 2.29 bits per heavy atom. The highest BCUT2D eigenvalue weighted by Crippen LogP contribution is 2.11. The molecule has 0 bridgehead atoms. The second-order valence-electron chi connectivity index (χ2n) is 3.70. The summed E-state index contributed by atoms with van der Waals surface area (Å²) in [4.78, 5) is 15.7. The van der Waals surface area contributed by atoms with Crippen molar-refractivity contribution in [2.24, 2.45) is 5.73 Å². The minimum absolute atomic E-state index is 0.183. The van der Waals surface area contributed by atoms with Crippen LogP contribution in [0.5, 0.6) is 5.88 Å². The van der Waals surface area contributed by atoms with Gasteiger partial charge in [-0.25, -0.2) is 4.98 Å². The van der Waals surface area contributed by atoms with Gasteiger partial charge in [0.1, 0.15) is 0 Å². The summed E-state index contributed by atoms with van der Waals surface area (Å²) in [5.41, 5.74) is 6.33. The second-order valence-corrected chi connectivity index (χ2v) is 3.70. The van der Waals surface area contributed by atoms with Crippen molar-refractivity contribution in [3.8, 4) is 5.88 Å². The number of nitrogens with one attached hydrogen (secondary N) is 1. The summed E-state index contributed by atoms with van der Waals surface area (Å²) < 4.78 is 5.20. The number of hydrogen-bond acceptors (Lipinski definition) is 4. The molecule has 1 amide bonds. The van der Waals surface area contributed by atoms with E-state index >= 15 is 0 Å². The molecular weight excluding hydrogens is 218 g/mol. The molecule has 0 radical (unpaired) electrons. The van der Waals surface area contributed by atoms with E-state index in [1.807, 2.05) is 13.8 Å². The SMILES string of the molecule is CCCC(N)C(=O)Nc1ccc(OCC)nc1. The smallest absolute Gasteiger partial charge is 0.241 e. The molecule has 3 N–H and O–H groups in total. The van der Waals surface area contributed by atoms with Crippen LogP contribution >= 0.6 is 0 Å². The number of carbonyl (C=O) groups is 1. The fourth-order valence-corrected chi connectivity index (χ4v) is 1.36. The highest BCUT2D eigenvalue weighted by atomic mass is 16.5. The molecule has 0 aromatic carbocycles. The predicted octanol–water partition coefficient (Wildman–Crippen LogP) is 1.55. The van der Waals surface area contributed by atoms with E-state index in [1.165, 1.54) is 0 Å². The Hall–Kier alpha value is -1.62. The number of nitrogens with zero attached hydrogens (tertiary/aromatic N) is 1. The molecule has 0 aliphatic carbocycles. The number of nitrogens with two attached hydrogens (primary N) is 1. The van der Waals surface area contributed by atoms with Crippen LogP contribution in [0.4, 0.5) is 5.69 Å². The normalized spacial score (nSPS) is 11.9. The van der Waals surface area contributed by atoms with Gasteiger partial charge in [0.25, 0.3) is 0 Å². The lowest BCUT2D eigenvalue weighted by Gasteiger charge is -2.11. The molecule has 1 aromatic heterocycles. The molecule has 0 aliphatic heterocycles. The zero-order valence-corrected chi connectivity index (χ0v) is 10.3. The Kier molecular flexibility index (Phi) is 5.42. The van der Waals surface area contributed by atoms with E-state index in [-0.39, 0.29) is 5.91 Å². The number of carbonyl (C=O) groups excluding carboxylic acids is 1. The van der Waals surface area contributed by atoms with Crippen LogP contribution in [0.2, 0.25) is 0 Å². The molecule has 0 saturated heterocycles. The summed E-state index contributed by atoms with van der Waals surface area (Å²) in [6, 6.07) is 2.99.